The van der Waals surface area contributed by atoms with Crippen molar-refractivity contribution in [3.8, 4) is 0 Å². The summed E-state index contributed by atoms with van der Waals surface area (Å²) in [4.78, 5) is 11.1. The maximum Gasteiger partial charge on any atom is 0.132 e. The molecule has 0 aromatic carbocycles. The number of nitrogens with one attached hydrogen (secondary N) is 1. The molecule has 1 saturated heterocycles. The Kier molecular flexibility index (Phi) is 5.05. The molecular formula is C11H22NOP. The number of carbonyl (C=O) groups excluding carboxylic acids is 1. The minimum atomic E-state index is 0. The molecule has 1 heterocycles. The van der Waals surface area contributed by atoms with Crippen LogP contribution in [0.2, 0.25) is 0 Å². The highest BCUT2D eigenvalue weighted by atomic mass is 31.0. The van der Waals surface area contributed by atoms with Crippen molar-refractivity contribution < 1.29 is 4.79 Å². The van der Waals surface area contributed by atoms with Gasteiger partial charge in [0.1, 0.15) is 5.78 Å². The van der Waals surface area contributed by atoms with E-state index in [9.17, 15) is 4.79 Å². The highest BCUT2D eigenvalue weighted by Crippen LogP contribution is 2.32. The molecule has 1 unspecified atom stereocenters. The Morgan fingerprint density at radius 3 is 2.00 bits per heavy atom. The topological polar surface area (TPSA) is 29.1 Å². The first-order valence-corrected chi connectivity index (χ1v) is 5.58. The fraction of sp³-hybridized carbons (Fsp3) is 0.909. The zero-order valence-electron chi connectivity index (χ0n) is 8.93. The minimum absolute atomic E-state index is 0. The van der Waals surface area contributed by atoms with Crippen LogP contribution in [0.5, 0.6) is 0 Å². The monoisotopic (exact) mass is 215 g/mol. The SMILES string of the molecule is O=C1CCC(C2CCNCC2)CC1.P. The maximum absolute atomic E-state index is 11.1. The van der Waals surface area contributed by atoms with E-state index in [-0.39, 0.29) is 9.90 Å². The Bertz CT molecular complexity index is 180. The standard InChI is InChI=1S/C11H19NO.H3P/c13-11-3-1-9(2-4-11)10-5-7-12-8-6-10;/h9-10,12H,1-8H2;1H3. The van der Waals surface area contributed by atoms with E-state index in [4.69, 9.17) is 0 Å². The van der Waals surface area contributed by atoms with Crippen LogP contribution in [0, 0.1) is 11.8 Å². The Labute approximate surface area is 89.8 Å². The molecule has 1 saturated carbocycles. The van der Waals surface area contributed by atoms with Gasteiger partial charge in [-0.3, -0.25) is 4.79 Å². The summed E-state index contributed by atoms with van der Waals surface area (Å²) in [5.41, 5.74) is 0. The van der Waals surface area contributed by atoms with E-state index < -0.39 is 0 Å². The van der Waals surface area contributed by atoms with Crippen molar-refractivity contribution in [2.45, 2.75) is 38.5 Å². The smallest absolute Gasteiger partial charge is 0.132 e. The third-order valence-electron chi connectivity index (χ3n) is 3.64. The molecule has 0 aromatic heterocycles. The van der Waals surface area contributed by atoms with Crippen LogP contribution in [-0.4, -0.2) is 18.9 Å². The zero-order chi connectivity index (χ0) is 9.10. The predicted octanol–water partition coefficient (Wildman–Crippen LogP) is 1.80. The lowest BCUT2D eigenvalue weighted by atomic mass is 9.76. The zero-order valence-corrected chi connectivity index (χ0v) is 10.3. The molecule has 2 nitrogen and oxygen atoms in total. The van der Waals surface area contributed by atoms with Gasteiger partial charge < -0.3 is 5.32 Å². The minimum Gasteiger partial charge on any atom is -0.317 e. The number of ketones is 1. The molecule has 0 amide bonds. The average Bonchev–Trinajstić information content (AvgIpc) is 2.20. The van der Waals surface area contributed by atoms with Gasteiger partial charge in [0.2, 0.25) is 0 Å². The number of carbonyl (C=O) groups is 1. The van der Waals surface area contributed by atoms with Crippen LogP contribution in [0.3, 0.4) is 0 Å². The van der Waals surface area contributed by atoms with Gasteiger partial charge in [-0.15, -0.1) is 0 Å². The molecule has 1 aliphatic carbocycles. The van der Waals surface area contributed by atoms with Crippen LogP contribution < -0.4 is 5.32 Å². The number of hydrogen-bond donors (Lipinski definition) is 1. The average molecular weight is 215 g/mol. The van der Waals surface area contributed by atoms with Crippen LogP contribution in [0.1, 0.15) is 38.5 Å². The van der Waals surface area contributed by atoms with Crippen molar-refractivity contribution in [2.75, 3.05) is 13.1 Å². The molecule has 0 aromatic rings. The molecule has 2 aliphatic rings. The maximum atomic E-state index is 11.1. The molecule has 82 valence electrons. The van der Waals surface area contributed by atoms with Gasteiger partial charge in [0.05, 0.1) is 0 Å². The van der Waals surface area contributed by atoms with Crippen molar-refractivity contribution >= 4 is 15.7 Å². The van der Waals surface area contributed by atoms with Crippen LogP contribution in [0.4, 0.5) is 0 Å². The first kappa shape index (κ1) is 12.1. The molecule has 1 atom stereocenters. The predicted molar refractivity (Wildman–Crippen MR) is 63.7 cm³/mol. The summed E-state index contributed by atoms with van der Waals surface area (Å²) in [6.45, 7) is 2.38. The van der Waals surface area contributed by atoms with Gasteiger partial charge in [0.15, 0.2) is 0 Å². The second-order valence-corrected chi connectivity index (χ2v) is 4.46. The van der Waals surface area contributed by atoms with Gasteiger partial charge in [-0.2, -0.15) is 9.90 Å². The molecule has 0 spiro atoms. The summed E-state index contributed by atoms with van der Waals surface area (Å²) in [5, 5.41) is 3.40. The van der Waals surface area contributed by atoms with Gasteiger partial charge in [-0.1, -0.05) is 0 Å². The van der Waals surface area contributed by atoms with Crippen molar-refractivity contribution in [1.82, 2.24) is 5.32 Å². The number of Topliss-reactive ketones (excluding diaryl/α,β-unsaturated/α-hetero) is 1. The van der Waals surface area contributed by atoms with E-state index in [2.05, 4.69) is 5.32 Å². The molecule has 1 aliphatic heterocycles. The van der Waals surface area contributed by atoms with Crippen molar-refractivity contribution in [2.24, 2.45) is 11.8 Å². The quantitative estimate of drug-likeness (QED) is 0.676. The first-order chi connectivity index (χ1) is 6.36. The molecule has 0 bridgehead atoms. The Morgan fingerprint density at radius 2 is 1.43 bits per heavy atom. The summed E-state index contributed by atoms with van der Waals surface area (Å²) in [5.74, 6) is 2.26. The second kappa shape index (κ2) is 5.82. The lowest BCUT2D eigenvalue weighted by Gasteiger charge is -2.32. The van der Waals surface area contributed by atoms with Crippen LogP contribution in [-0.2, 0) is 4.79 Å². The molecule has 2 fully saturated rings. The summed E-state index contributed by atoms with van der Waals surface area (Å²) < 4.78 is 0. The molecule has 1 N–H and O–H groups in total. The van der Waals surface area contributed by atoms with E-state index in [1.165, 1.54) is 38.8 Å². The van der Waals surface area contributed by atoms with Gasteiger partial charge in [0.25, 0.3) is 0 Å². The van der Waals surface area contributed by atoms with E-state index in [0.717, 1.165) is 24.7 Å². The Morgan fingerprint density at radius 1 is 0.929 bits per heavy atom. The largest absolute Gasteiger partial charge is 0.317 e. The van der Waals surface area contributed by atoms with Crippen LogP contribution in [0.25, 0.3) is 0 Å². The number of piperidine rings is 1. The van der Waals surface area contributed by atoms with E-state index >= 15 is 0 Å². The molecular weight excluding hydrogens is 193 g/mol. The lowest BCUT2D eigenvalue weighted by Crippen LogP contribution is -2.33. The first-order valence-electron chi connectivity index (χ1n) is 5.58. The van der Waals surface area contributed by atoms with Crippen LogP contribution >= 0.6 is 9.90 Å². The van der Waals surface area contributed by atoms with Gasteiger partial charge in [0, 0.05) is 12.8 Å². The van der Waals surface area contributed by atoms with Gasteiger partial charge >= 0.3 is 0 Å². The highest BCUT2D eigenvalue weighted by Gasteiger charge is 2.27. The molecule has 14 heavy (non-hydrogen) atoms. The van der Waals surface area contributed by atoms with E-state index in [1.807, 2.05) is 0 Å². The van der Waals surface area contributed by atoms with E-state index in [0.29, 0.717) is 5.78 Å². The molecule has 0 radical (unpaired) electrons. The Hall–Kier alpha value is 0.0600. The third kappa shape index (κ3) is 3.03. The van der Waals surface area contributed by atoms with Crippen LogP contribution in [0.15, 0.2) is 0 Å². The fourth-order valence-electron chi connectivity index (χ4n) is 2.75. The van der Waals surface area contributed by atoms with E-state index in [1.54, 1.807) is 0 Å². The van der Waals surface area contributed by atoms with Crippen molar-refractivity contribution in [3.05, 3.63) is 0 Å². The second-order valence-electron chi connectivity index (χ2n) is 4.46. The van der Waals surface area contributed by atoms with Gasteiger partial charge in [-0.25, -0.2) is 0 Å². The summed E-state index contributed by atoms with van der Waals surface area (Å²) in [7, 11) is 0. The van der Waals surface area contributed by atoms with Crippen molar-refractivity contribution in [1.29, 1.82) is 0 Å². The van der Waals surface area contributed by atoms with Crippen molar-refractivity contribution in [3.63, 3.8) is 0 Å². The lowest BCUT2D eigenvalue weighted by molar-refractivity contribution is -0.121. The highest BCUT2D eigenvalue weighted by molar-refractivity contribution is 6.92. The summed E-state index contributed by atoms with van der Waals surface area (Å²) >= 11 is 0. The number of hydrogen-bond acceptors (Lipinski definition) is 2. The number of rotatable bonds is 1. The third-order valence-corrected chi connectivity index (χ3v) is 3.64. The fourth-order valence-corrected chi connectivity index (χ4v) is 2.75. The summed E-state index contributed by atoms with van der Waals surface area (Å²) in [6.07, 6.45) is 6.72. The van der Waals surface area contributed by atoms with Gasteiger partial charge in [-0.05, 0) is 50.6 Å². The molecule has 2 rings (SSSR count). The molecule has 3 heteroatoms. The summed E-state index contributed by atoms with van der Waals surface area (Å²) in [6, 6.07) is 0. The Balaban J connectivity index is 0.000000980. The normalized spacial score (nSPS) is 25.9.